The van der Waals surface area contributed by atoms with Crippen molar-refractivity contribution in [3.05, 3.63) is 59.7 Å². The maximum atomic E-state index is 11.4. The number of carbonyl (C=O) groups is 2. The first-order valence-electron chi connectivity index (χ1n) is 11.2. The second kappa shape index (κ2) is 15.4. The molecule has 8 nitrogen and oxygen atoms in total. The van der Waals surface area contributed by atoms with Crippen molar-refractivity contribution in [2.24, 2.45) is 0 Å². The zero-order valence-electron chi connectivity index (χ0n) is 20.4. The van der Waals surface area contributed by atoms with Gasteiger partial charge in [-0.2, -0.15) is 23.5 Å². The molecule has 2 rings (SSSR count). The number of carboxylic acid groups (broad SMARTS) is 2. The molecule has 0 aromatic heterocycles. The fourth-order valence-corrected chi connectivity index (χ4v) is 5.34. The summed E-state index contributed by atoms with van der Waals surface area (Å²) in [5.41, 5.74) is 2.40. The third-order valence-corrected chi connectivity index (χ3v) is 7.35. The van der Waals surface area contributed by atoms with Gasteiger partial charge in [-0.1, -0.05) is 24.3 Å². The summed E-state index contributed by atoms with van der Waals surface area (Å²) in [6.45, 7) is 3.46. The van der Waals surface area contributed by atoms with Crippen LogP contribution in [0.1, 0.15) is 18.1 Å². The number of nitrogens with zero attached hydrogens (tertiary/aromatic N) is 2. The highest BCUT2D eigenvalue weighted by atomic mass is 32.2. The molecule has 0 radical (unpaired) electrons. The lowest BCUT2D eigenvalue weighted by molar-refractivity contribution is 0.0991. The summed E-state index contributed by atoms with van der Waals surface area (Å²) in [7, 11) is 3.29. The summed E-state index contributed by atoms with van der Waals surface area (Å²) in [6, 6.07) is 15.3. The summed E-state index contributed by atoms with van der Waals surface area (Å²) in [5.74, 6) is 5.07. The molecule has 2 aromatic carbocycles. The quantitative estimate of drug-likeness (QED) is 0.305. The molecule has 192 valence electrons. The second-order valence-electron chi connectivity index (χ2n) is 7.89. The monoisotopic (exact) mass is 522 g/mol. The van der Waals surface area contributed by atoms with Gasteiger partial charge in [0, 0.05) is 42.6 Å². The van der Waals surface area contributed by atoms with E-state index in [9.17, 15) is 19.8 Å². The van der Waals surface area contributed by atoms with Crippen LogP contribution in [-0.4, -0.2) is 83.6 Å². The van der Waals surface area contributed by atoms with Crippen LogP contribution >= 0.6 is 23.5 Å². The van der Waals surface area contributed by atoms with Gasteiger partial charge in [0.15, 0.2) is 0 Å². The van der Waals surface area contributed by atoms with Crippen molar-refractivity contribution in [2.45, 2.75) is 24.5 Å². The molecule has 0 fully saturated rings. The van der Waals surface area contributed by atoms with E-state index >= 15 is 0 Å². The van der Waals surface area contributed by atoms with E-state index in [0.29, 0.717) is 11.4 Å². The third kappa shape index (κ3) is 10.3. The lowest BCUT2D eigenvalue weighted by atomic mass is 10.2. The van der Waals surface area contributed by atoms with Crippen molar-refractivity contribution in [1.82, 2.24) is 9.80 Å². The average Bonchev–Trinajstić information content (AvgIpc) is 2.84. The van der Waals surface area contributed by atoms with Gasteiger partial charge in [-0.05, 0) is 42.3 Å². The molecular weight excluding hydrogens is 488 g/mol. The van der Waals surface area contributed by atoms with Gasteiger partial charge in [-0.25, -0.2) is 14.5 Å². The maximum Gasteiger partial charge on any atom is 0.417 e. The van der Waals surface area contributed by atoms with Crippen molar-refractivity contribution in [2.75, 3.05) is 45.4 Å². The van der Waals surface area contributed by atoms with Crippen molar-refractivity contribution in [3.63, 3.8) is 0 Å². The third-order valence-electron chi connectivity index (χ3n) is 5.33. The second-order valence-corrected chi connectivity index (χ2v) is 10.1. The van der Waals surface area contributed by atoms with Crippen molar-refractivity contribution in [3.8, 4) is 11.5 Å². The summed E-state index contributed by atoms with van der Waals surface area (Å²) in [4.78, 5) is 25.4. The number of imide groups is 1. The zero-order valence-corrected chi connectivity index (χ0v) is 22.0. The normalized spacial score (nSPS) is 11.8. The Morgan fingerprint density at radius 1 is 0.800 bits per heavy atom. The number of hydrogen-bond acceptors (Lipinski definition) is 7. The first-order chi connectivity index (χ1) is 16.8. The fraction of sp³-hybridized carbons (Fsp3) is 0.440. The number of methoxy groups -OCH3 is 2. The number of rotatable bonds is 15. The minimum absolute atomic E-state index is 0.352. The van der Waals surface area contributed by atoms with E-state index in [0.717, 1.165) is 47.6 Å². The molecular formula is C25H34N2O6S2. The van der Waals surface area contributed by atoms with Crippen LogP contribution in [0.25, 0.3) is 0 Å². The van der Waals surface area contributed by atoms with Crippen LogP contribution in [0.5, 0.6) is 11.5 Å². The summed E-state index contributed by atoms with van der Waals surface area (Å²) in [5, 5.41) is 18.6. The van der Waals surface area contributed by atoms with E-state index in [2.05, 4.69) is 4.90 Å². The topological polar surface area (TPSA) is 99.5 Å². The highest BCUT2D eigenvalue weighted by molar-refractivity contribution is 7.98. The van der Waals surface area contributed by atoms with Gasteiger partial charge < -0.3 is 19.7 Å². The molecule has 0 saturated carbocycles. The Morgan fingerprint density at radius 2 is 1.20 bits per heavy atom. The number of thioether (sulfide) groups is 2. The smallest absolute Gasteiger partial charge is 0.417 e. The maximum absolute atomic E-state index is 11.4. The van der Waals surface area contributed by atoms with Crippen LogP contribution in [0.2, 0.25) is 0 Å². The van der Waals surface area contributed by atoms with E-state index < -0.39 is 18.2 Å². The summed E-state index contributed by atoms with van der Waals surface area (Å²) in [6.07, 6.45) is -2.90. The van der Waals surface area contributed by atoms with Gasteiger partial charge in [-0.15, -0.1) is 0 Å². The number of hydrogen-bond donors (Lipinski definition) is 2. The van der Waals surface area contributed by atoms with Crippen LogP contribution in [0.3, 0.4) is 0 Å². The lowest BCUT2D eigenvalue weighted by Crippen LogP contribution is -2.48. The van der Waals surface area contributed by atoms with E-state index in [1.54, 1.807) is 44.7 Å². The van der Waals surface area contributed by atoms with Crippen molar-refractivity contribution < 1.29 is 29.3 Å². The van der Waals surface area contributed by atoms with Crippen LogP contribution in [0.15, 0.2) is 48.5 Å². The number of amides is 2. The molecule has 0 spiro atoms. The lowest BCUT2D eigenvalue weighted by Gasteiger charge is -2.29. The Morgan fingerprint density at radius 3 is 1.54 bits per heavy atom. The summed E-state index contributed by atoms with van der Waals surface area (Å²) >= 11 is 3.58. The van der Waals surface area contributed by atoms with Crippen LogP contribution in [0, 0.1) is 0 Å². The molecule has 2 amide bonds. The minimum Gasteiger partial charge on any atom is -0.497 e. The van der Waals surface area contributed by atoms with Crippen molar-refractivity contribution >= 4 is 35.7 Å². The van der Waals surface area contributed by atoms with Crippen LogP contribution < -0.4 is 9.47 Å². The first kappa shape index (κ1) is 28.7. The van der Waals surface area contributed by atoms with Gasteiger partial charge >= 0.3 is 12.2 Å². The average molecular weight is 523 g/mol. The predicted molar refractivity (Wildman–Crippen MR) is 142 cm³/mol. The SMILES string of the molecule is COc1ccc(CSCCN(CCSCc2ccc(OC)cc2)CC(C)N(C(=O)O)C(=O)O)cc1. The Labute approximate surface area is 215 Å². The highest BCUT2D eigenvalue weighted by Crippen LogP contribution is 2.19. The Bertz CT molecular complexity index is 842. The molecule has 35 heavy (non-hydrogen) atoms. The molecule has 0 aliphatic carbocycles. The van der Waals surface area contributed by atoms with E-state index in [4.69, 9.17) is 9.47 Å². The first-order valence-corrected chi connectivity index (χ1v) is 13.5. The van der Waals surface area contributed by atoms with E-state index in [-0.39, 0.29) is 0 Å². The zero-order chi connectivity index (χ0) is 25.6. The van der Waals surface area contributed by atoms with E-state index in [1.807, 2.05) is 48.5 Å². The van der Waals surface area contributed by atoms with Gasteiger partial charge in [0.2, 0.25) is 0 Å². The van der Waals surface area contributed by atoms with Gasteiger partial charge in [0.25, 0.3) is 0 Å². The number of ether oxygens (including phenoxy) is 2. The van der Waals surface area contributed by atoms with Crippen molar-refractivity contribution in [1.29, 1.82) is 0 Å². The molecule has 0 aliphatic heterocycles. The predicted octanol–water partition coefficient (Wildman–Crippen LogP) is 5.22. The molecule has 2 N–H and O–H groups in total. The van der Waals surface area contributed by atoms with Gasteiger partial charge in [0.1, 0.15) is 11.5 Å². The molecule has 10 heteroatoms. The number of benzene rings is 2. The molecule has 2 aromatic rings. The fourth-order valence-electron chi connectivity index (χ4n) is 3.42. The molecule has 0 bridgehead atoms. The van der Waals surface area contributed by atoms with E-state index in [1.165, 1.54) is 11.1 Å². The largest absolute Gasteiger partial charge is 0.497 e. The van der Waals surface area contributed by atoms with Gasteiger partial charge in [-0.3, -0.25) is 4.90 Å². The Balaban J connectivity index is 1.87. The highest BCUT2D eigenvalue weighted by Gasteiger charge is 2.27. The molecule has 1 unspecified atom stereocenters. The summed E-state index contributed by atoms with van der Waals surface area (Å²) < 4.78 is 10.4. The molecule has 1 atom stereocenters. The minimum atomic E-state index is -1.45. The Kier molecular flexibility index (Phi) is 12.6. The molecule has 0 aliphatic rings. The standard InChI is InChI=1S/C25H34N2O6S2/c1-19(27(24(28)29)25(30)31)16-26(12-14-34-17-20-4-8-22(32-2)9-5-20)13-15-35-18-21-6-10-23(33-3)11-7-21/h4-11,19H,12-18H2,1-3H3,(H,28,29)(H,30,31). The van der Waals surface area contributed by atoms with Crippen LogP contribution in [-0.2, 0) is 11.5 Å². The molecule has 0 heterocycles. The molecule has 0 saturated heterocycles. The van der Waals surface area contributed by atoms with Crippen LogP contribution in [0.4, 0.5) is 9.59 Å². The van der Waals surface area contributed by atoms with Gasteiger partial charge in [0.05, 0.1) is 20.3 Å². The Hall–Kier alpha value is -2.56.